The molecule has 2 N–H and O–H groups in total. The molecule has 0 spiro atoms. The summed E-state index contributed by atoms with van der Waals surface area (Å²) >= 11 is 0. The summed E-state index contributed by atoms with van der Waals surface area (Å²) in [4.78, 5) is 23.1. The third-order valence-corrected chi connectivity index (χ3v) is 2.40. The molecule has 76 valence electrons. The monoisotopic (exact) mass is 204 g/mol. The Balaban J connectivity index is 2.79. The van der Waals surface area contributed by atoms with Gasteiger partial charge in [-0.2, -0.15) is 0 Å². The number of aryl methyl sites for hydroxylation is 1. The van der Waals surface area contributed by atoms with E-state index in [1.165, 1.54) is 6.07 Å². The van der Waals surface area contributed by atoms with Crippen LogP contribution in [0, 0.1) is 6.92 Å². The Labute approximate surface area is 85.5 Å². The van der Waals surface area contributed by atoms with E-state index in [0.29, 0.717) is 5.56 Å². The van der Waals surface area contributed by atoms with Crippen molar-refractivity contribution in [3.05, 3.63) is 46.4 Å². The van der Waals surface area contributed by atoms with E-state index < -0.39 is 23.1 Å². The highest BCUT2D eigenvalue weighted by Gasteiger charge is 2.33. The molecule has 1 aliphatic rings. The first kappa shape index (κ1) is 9.45. The molecule has 0 unspecified atom stereocenters. The highest BCUT2D eigenvalue weighted by Crippen LogP contribution is 2.25. The lowest BCUT2D eigenvalue weighted by molar-refractivity contribution is 0.0880. The number of rotatable bonds is 0. The summed E-state index contributed by atoms with van der Waals surface area (Å²) in [5.74, 6) is -3.18. The van der Waals surface area contributed by atoms with Crippen LogP contribution in [0.1, 0.15) is 26.3 Å². The van der Waals surface area contributed by atoms with Gasteiger partial charge in [0.15, 0.2) is 0 Å². The topological polar surface area (TPSA) is 74.6 Å². The molecule has 0 saturated carbocycles. The van der Waals surface area contributed by atoms with Crippen molar-refractivity contribution in [1.29, 1.82) is 0 Å². The maximum Gasteiger partial charge on any atom is 0.232 e. The molecule has 1 aromatic carbocycles. The molecule has 0 amide bonds. The molecule has 0 atom stereocenters. The van der Waals surface area contributed by atoms with Gasteiger partial charge < -0.3 is 10.2 Å². The van der Waals surface area contributed by atoms with Gasteiger partial charge in [-0.15, -0.1) is 0 Å². The highest BCUT2D eigenvalue weighted by atomic mass is 16.3. The first-order chi connectivity index (χ1) is 7.04. The zero-order valence-electron chi connectivity index (χ0n) is 7.94. The summed E-state index contributed by atoms with van der Waals surface area (Å²) in [6.45, 7) is 1.67. The van der Waals surface area contributed by atoms with Crippen LogP contribution in [0.4, 0.5) is 0 Å². The second-order valence-electron chi connectivity index (χ2n) is 3.35. The molecule has 4 nitrogen and oxygen atoms in total. The van der Waals surface area contributed by atoms with Gasteiger partial charge >= 0.3 is 0 Å². The molecule has 4 heteroatoms. The Kier molecular flexibility index (Phi) is 1.86. The van der Waals surface area contributed by atoms with Crippen LogP contribution < -0.4 is 0 Å². The van der Waals surface area contributed by atoms with Crippen LogP contribution in [0.3, 0.4) is 0 Å². The van der Waals surface area contributed by atoms with Crippen molar-refractivity contribution in [3.8, 4) is 0 Å². The summed E-state index contributed by atoms with van der Waals surface area (Å²) in [5, 5.41) is 18.5. The fraction of sp³-hybridized carbons (Fsp3) is 0.0909. The first-order valence-electron chi connectivity index (χ1n) is 4.35. The molecule has 0 heterocycles. The molecule has 0 bridgehead atoms. The Morgan fingerprint density at radius 2 is 1.60 bits per heavy atom. The fourth-order valence-corrected chi connectivity index (χ4v) is 1.62. The Morgan fingerprint density at radius 3 is 2.27 bits per heavy atom. The average molecular weight is 204 g/mol. The number of carbonyl (C=O) groups is 2. The first-order valence-corrected chi connectivity index (χ1v) is 4.35. The zero-order chi connectivity index (χ0) is 11.2. The van der Waals surface area contributed by atoms with Crippen LogP contribution in [0.5, 0.6) is 0 Å². The van der Waals surface area contributed by atoms with Gasteiger partial charge in [-0.1, -0.05) is 18.2 Å². The molecule has 1 aromatic rings. The maximum atomic E-state index is 11.6. The number of aliphatic hydroxyl groups excluding tert-OH is 2. The molecule has 1 aliphatic carbocycles. The normalized spacial score (nSPS) is 15.5. The van der Waals surface area contributed by atoms with Gasteiger partial charge in [0, 0.05) is 11.1 Å². The number of aliphatic hydroxyl groups is 2. The predicted molar refractivity (Wildman–Crippen MR) is 52.1 cm³/mol. The molecule has 0 saturated heterocycles. The Morgan fingerprint density at radius 1 is 1.00 bits per heavy atom. The van der Waals surface area contributed by atoms with E-state index in [9.17, 15) is 19.8 Å². The molecular weight excluding hydrogens is 196 g/mol. The van der Waals surface area contributed by atoms with Crippen molar-refractivity contribution in [2.45, 2.75) is 6.92 Å². The van der Waals surface area contributed by atoms with E-state index in [1.54, 1.807) is 19.1 Å². The Hall–Kier alpha value is -2.10. The number of hydrogen-bond acceptors (Lipinski definition) is 4. The summed E-state index contributed by atoms with van der Waals surface area (Å²) in [6, 6.07) is 4.74. The van der Waals surface area contributed by atoms with Gasteiger partial charge in [-0.3, -0.25) is 9.59 Å². The number of ketones is 2. The number of Topliss-reactive ketones (excluding diaryl/α,β-unsaturated/α-hetero) is 2. The Bertz CT molecular complexity index is 511. The van der Waals surface area contributed by atoms with Crippen LogP contribution in [0.2, 0.25) is 0 Å². The van der Waals surface area contributed by atoms with Crippen LogP contribution in [-0.2, 0) is 0 Å². The molecule has 0 aliphatic heterocycles. The van der Waals surface area contributed by atoms with Crippen molar-refractivity contribution in [1.82, 2.24) is 0 Å². The third-order valence-electron chi connectivity index (χ3n) is 2.40. The van der Waals surface area contributed by atoms with Crippen LogP contribution >= 0.6 is 0 Å². The van der Waals surface area contributed by atoms with E-state index >= 15 is 0 Å². The van der Waals surface area contributed by atoms with E-state index in [-0.39, 0.29) is 11.1 Å². The number of fused-ring (bicyclic) bond motifs is 1. The second kappa shape index (κ2) is 2.95. The molecule has 0 aromatic heterocycles. The van der Waals surface area contributed by atoms with Gasteiger partial charge in [-0.05, 0) is 12.5 Å². The molecule has 2 rings (SSSR count). The van der Waals surface area contributed by atoms with Crippen molar-refractivity contribution >= 4 is 11.6 Å². The average Bonchev–Trinajstić information content (AvgIpc) is 2.23. The van der Waals surface area contributed by atoms with Gasteiger partial charge in [0.25, 0.3) is 0 Å². The van der Waals surface area contributed by atoms with E-state index in [0.717, 1.165) is 0 Å². The smallest absolute Gasteiger partial charge is 0.232 e. The van der Waals surface area contributed by atoms with Crippen molar-refractivity contribution in [2.24, 2.45) is 0 Å². The van der Waals surface area contributed by atoms with Crippen molar-refractivity contribution in [3.63, 3.8) is 0 Å². The van der Waals surface area contributed by atoms with Crippen LogP contribution in [-0.4, -0.2) is 21.8 Å². The standard InChI is InChI=1S/C11H8O4/c1-5-3-2-4-6-7(5)9(13)11(15)10(14)8(6)12/h2-4,14-15H,1H3. The summed E-state index contributed by atoms with van der Waals surface area (Å²) in [5.41, 5.74) is 0.901. The maximum absolute atomic E-state index is 11.6. The van der Waals surface area contributed by atoms with Crippen molar-refractivity contribution in [2.75, 3.05) is 0 Å². The zero-order valence-corrected chi connectivity index (χ0v) is 7.94. The van der Waals surface area contributed by atoms with E-state index in [1.807, 2.05) is 0 Å². The highest BCUT2D eigenvalue weighted by molar-refractivity contribution is 6.25. The van der Waals surface area contributed by atoms with Gasteiger partial charge in [0.05, 0.1) is 0 Å². The number of allylic oxidation sites excluding steroid dienone is 2. The van der Waals surface area contributed by atoms with Crippen LogP contribution in [0.25, 0.3) is 0 Å². The minimum atomic E-state index is -0.877. The minimum absolute atomic E-state index is 0.135. The molecular formula is C11H8O4. The van der Waals surface area contributed by atoms with E-state index in [2.05, 4.69) is 0 Å². The predicted octanol–water partition coefficient (Wildman–Crippen LogP) is 1.70. The van der Waals surface area contributed by atoms with Crippen molar-refractivity contribution < 1.29 is 19.8 Å². The number of benzene rings is 1. The summed E-state index contributed by atoms with van der Waals surface area (Å²) in [6.07, 6.45) is 0. The van der Waals surface area contributed by atoms with Gasteiger partial charge in [-0.25, -0.2) is 0 Å². The number of carbonyl (C=O) groups excluding carboxylic acids is 2. The fourth-order valence-electron chi connectivity index (χ4n) is 1.62. The number of hydrogen-bond donors (Lipinski definition) is 2. The van der Waals surface area contributed by atoms with Gasteiger partial charge in [0.1, 0.15) is 0 Å². The van der Waals surface area contributed by atoms with E-state index in [4.69, 9.17) is 0 Å². The third kappa shape index (κ3) is 1.15. The summed E-state index contributed by atoms with van der Waals surface area (Å²) in [7, 11) is 0. The largest absolute Gasteiger partial charge is 0.501 e. The second-order valence-corrected chi connectivity index (χ2v) is 3.35. The van der Waals surface area contributed by atoms with Gasteiger partial charge in [0.2, 0.25) is 23.1 Å². The minimum Gasteiger partial charge on any atom is -0.501 e. The molecule has 0 fully saturated rings. The molecule has 15 heavy (non-hydrogen) atoms. The lowest BCUT2D eigenvalue weighted by atomic mass is 9.89. The molecule has 0 radical (unpaired) electrons. The lowest BCUT2D eigenvalue weighted by Crippen LogP contribution is -2.22. The van der Waals surface area contributed by atoms with Crippen LogP contribution in [0.15, 0.2) is 29.7 Å². The summed E-state index contributed by atoms with van der Waals surface area (Å²) < 4.78 is 0. The lowest BCUT2D eigenvalue weighted by Gasteiger charge is -2.15. The SMILES string of the molecule is Cc1cccc2c1C(=O)C(O)=C(O)C2=O. The quantitative estimate of drug-likeness (QED) is 0.674.